The summed E-state index contributed by atoms with van der Waals surface area (Å²) in [7, 11) is 4.53. The van der Waals surface area contributed by atoms with E-state index < -0.39 is 6.03 Å². The van der Waals surface area contributed by atoms with Gasteiger partial charge >= 0.3 is 6.03 Å². The van der Waals surface area contributed by atoms with Gasteiger partial charge in [-0.25, -0.2) is 4.79 Å². The predicted molar refractivity (Wildman–Crippen MR) is 97.6 cm³/mol. The average molecular weight is 356 g/mol. The van der Waals surface area contributed by atoms with E-state index in [0.717, 1.165) is 11.1 Å². The van der Waals surface area contributed by atoms with E-state index in [-0.39, 0.29) is 5.78 Å². The van der Waals surface area contributed by atoms with Crippen molar-refractivity contribution >= 4 is 23.2 Å². The number of ketones is 1. The number of carbonyl (C=O) groups excluding carboxylic acids is 2. The van der Waals surface area contributed by atoms with Crippen LogP contribution in [-0.4, -0.2) is 33.1 Å². The first kappa shape index (κ1) is 17.6. The van der Waals surface area contributed by atoms with Crippen LogP contribution in [0, 0.1) is 0 Å². The number of benzene rings is 2. The highest BCUT2D eigenvalue weighted by Gasteiger charge is 2.19. The molecule has 0 aliphatic heterocycles. The molecule has 0 spiro atoms. The summed E-state index contributed by atoms with van der Waals surface area (Å²) in [6, 6.07) is 8.35. The van der Waals surface area contributed by atoms with Crippen molar-refractivity contribution in [1.82, 2.24) is 0 Å². The van der Waals surface area contributed by atoms with E-state index in [9.17, 15) is 9.59 Å². The number of anilines is 2. The zero-order valence-electron chi connectivity index (χ0n) is 14.8. The maximum absolute atomic E-state index is 12.3. The third kappa shape index (κ3) is 3.56. The lowest BCUT2D eigenvalue weighted by molar-refractivity contribution is -0.117. The molecule has 0 aromatic heterocycles. The first-order chi connectivity index (χ1) is 12.5. The Bertz CT molecular complexity index is 838. The number of Topliss-reactive ketones (excluding diaryl/α,β-unsaturated/α-hetero) is 1. The van der Waals surface area contributed by atoms with Crippen LogP contribution >= 0.6 is 0 Å². The molecule has 7 nitrogen and oxygen atoms in total. The Morgan fingerprint density at radius 2 is 1.46 bits per heavy atom. The van der Waals surface area contributed by atoms with E-state index in [4.69, 9.17) is 14.2 Å². The summed E-state index contributed by atoms with van der Waals surface area (Å²) in [5, 5.41) is 5.50. The number of carbonyl (C=O) groups is 2. The molecule has 0 fully saturated rings. The van der Waals surface area contributed by atoms with Gasteiger partial charge in [0.15, 0.2) is 11.5 Å². The summed E-state index contributed by atoms with van der Waals surface area (Å²) in [5.74, 6) is 1.53. The molecule has 1 aliphatic carbocycles. The highest BCUT2D eigenvalue weighted by molar-refractivity contribution is 6.00. The van der Waals surface area contributed by atoms with Gasteiger partial charge in [0.25, 0.3) is 0 Å². The van der Waals surface area contributed by atoms with Crippen molar-refractivity contribution in [2.24, 2.45) is 0 Å². The van der Waals surface area contributed by atoms with Crippen molar-refractivity contribution in [3.63, 3.8) is 0 Å². The average Bonchev–Trinajstić information content (AvgIpc) is 2.99. The number of hydrogen-bond acceptors (Lipinski definition) is 5. The quantitative estimate of drug-likeness (QED) is 0.860. The molecular formula is C19H20N2O5. The molecule has 2 aromatic carbocycles. The largest absolute Gasteiger partial charge is 0.493 e. The summed E-state index contributed by atoms with van der Waals surface area (Å²) >= 11 is 0. The van der Waals surface area contributed by atoms with Gasteiger partial charge in [0.2, 0.25) is 5.75 Å². The zero-order valence-corrected chi connectivity index (χ0v) is 14.8. The number of nitrogens with one attached hydrogen (secondary N) is 2. The van der Waals surface area contributed by atoms with Crippen LogP contribution < -0.4 is 24.8 Å². The standard InChI is InChI=1S/C19H20N2O5/c1-24-16-9-14(10-17(25-2)18(16)26-3)21-19(23)20-13-5-4-11-7-15(22)8-12(11)6-13/h4-6,9-10H,7-8H2,1-3H3,(H2,20,21,23). The highest BCUT2D eigenvalue weighted by atomic mass is 16.5. The number of amides is 2. The molecule has 2 amide bonds. The molecule has 2 N–H and O–H groups in total. The molecule has 136 valence electrons. The van der Waals surface area contributed by atoms with Gasteiger partial charge in [-0.3, -0.25) is 4.79 Å². The number of methoxy groups -OCH3 is 3. The normalized spacial score (nSPS) is 12.3. The molecule has 0 saturated heterocycles. The zero-order chi connectivity index (χ0) is 18.7. The Labute approximate surface area is 151 Å². The smallest absolute Gasteiger partial charge is 0.323 e. The second-order valence-corrected chi connectivity index (χ2v) is 5.87. The van der Waals surface area contributed by atoms with Crippen molar-refractivity contribution in [2.45, 2.75) is 12.8 Å². The van der Waals surface area contributed by atoms with Gasteiger partial charge in [-0.1, -0.05) is 6.07 Å². The van der Waals surface area contributed by atoms with Crippen molar-refractivity contribution in [3.8, 4) is 17.2 Å². The number of urea groups is 1. The Balaban J connectivity index is 1.74. The Morgan fingerprint density at radius 3 is 2.08 bits per heavy atom. The van der Waals surface area contributed by atoms with Gasteiger partial charge in [0.05, 0.1) is 27.0 Å². The maximum atomic E-state index is 12.3. The Morgan fingerprint density at radius 1 is 0.846 bits per heavy atom. The lowest BCUT2D eigenvalue weighted by atomic mass is 10.1. The monoisotopic (exact) mass is 356 g/mol. The van der Waals surface area contributed by atoms with Crippen molar-refractivity contribution in [1.29, 1.82) is 0 Å². The molecule has 0 heterocycles. The highest BCUT2D eigenvalue weighted by Crippen LogP contribution is 2.39. The van der Waals surface area contributed by atoms with E-state index >= 15 is 0 Å². The van der Waals surface area contributed by atoms with Gasteiger partial charge in [-0.2, -0.15) is 0 Å². The minimum absolute atomic E-state index is 0.194. The minimum atomic E-state index is -0.413. The summed E-state index contributed by atoms with van der Waals surface area (Å²) < 4.78 is 15.8. The van der Waals surface area contributed by atoms with Crippen LogP contribution in [0.1, 0.15) is 11.1 Å². The molecule has 0 unspecified atom stereocenters. The molecule has 2 aromatic rings. The fourth-order valence-electron chi connectivity index (χ4n) is 2.97. The Kier molecular flexibility index (Phi) is 4.97. The molecular weight excluding hydrogens is 336 g/mol. The molecule has 26 heavy (non-hydrogen) atoms. The van der Waals surface area contributed by atoms with Gasteiger partial charge < -0.3 is 24.8 Å². The molecule has 0 atom stereocenters. The summed E-state index contributed by atoms with van der Waals surface area (Å²) in [5.41, 5.74) is 3.10. The topological polar surface area (TPSA) is 85.9 Å². The number of rotatable bonds is 5. The molecule has 1 aliphatic rings. The van der Waals surface area contributed by atoms with Crippen molar-refractivity contribution < 1.29 is 23.8 Å². The maximum Gasteiger partial charge on any atom is 0.323 e. The Hall–Kier alpha value is -3.22. The predicted octanol–water partition coefficient (Wildman–Crippen LogP) is 3.02. The number of fused-ring (bicyclic) bond motifs is 1. The summed E-state index contributed by atoms with van der Waals surface area (Å²) in [6.07, 6.45) is 0.882. The van der Waals surface area contributed by atoms with Gasteiger partial charge in [0, 0.05) is 30.7 Å². The van der Waals surface area contributed by atoms with Crippen LogP contribution in [0.2, 0.25) is 0 Å². The second-order valence-electron chi connectivity index (χ2n) is 5.87. The second kappa shape index (κ2) is 7.35. The van der Waals surface area contributed by atoms with Crippen LogP contribution in [0.3, 0.4) is 0 Å². The number of hydrogen-bond donors (Lipinski definition) is 2. The number of ether oxygens (including phenoxy) is 3. The van der Waals surface area contributed by atoms with Gasteiger partial charge in [0.1, 0.15) is 5.78 Å². The van der Waals surface area contributed by atoms with E-state index in [1.54, 1.807) is 18.2 Å². The van der Waals surface area contributed by atoms with Gasteiger partial charge in [-0.05, 0) is 23.3 Å². The third-order valence-electron chi connectivity index (χ3n) is 4.16. The van der Waals surface area contributed by atoms with E-state index in [1.165, 1.54) is 21.3 Å². The third-order valence-corrected chi connectivity index (χ3v) is 4.16. The van der Waals surface area contributed by atoms with Gasteiger partial charge in [-0.15, -0.1) is 0 Å². The van der Waals surface area contributed by atoms with E-state index in [2.05, 4.69) is 10.6 Å². The lowest BCUT2D eigenvalue weighted by Crippen LogP contribution is -2.19. The van der Waals surface area contributed by atoms with Crippen LogP contribution in [0.5, 0.6) is 17.2 Å². The summed E-state index contributed by atoms with van der Waals surface area (Å²) in [6.45, 7) is 0. The molecule has 0 saturated carbocycles. The van der Waals surface area contributed by atoms with Crippen molar-refractivity contribution in [3.05, 3.63) is 41.5 Å². The first-order valence-corrected chi connectivity index (χ1v) is 8.05. The van der Waals surface area contributed by atoms with E-state index in [0.29, 0.717) is 41.5 Å². The fourth-order valence-corrected chi connectivity index (χ4v) is 2.97. The van der Waals surface area contributed by atoms with Crippen LogP contribution in [-0.2, 0) is 17.6 Å². The lowest BCUT2D eigenvalue weighted by Gasteiger charge is -2.15. The van der Waals surface area contributed by atoms with Crippen LogP contribution in [0.15, 0.2) is 30.3 Å². The minimum Gasteiger partial charge on any atom is -0.493 e. The van der Waals surface area contributed by atoms with Crippen LogP contribution in [0.4, 0.5) is 16.2 Å². The van der Waals surface area contributed by atoms with E-state index in [1.807, 2.05) is 12.1 Å². The van der Waals surface area contributed by atoms with Crippen molar-refractivity contribution in [2.75, 3.05) is 32.0 Å². The SMILES string of the molecule is COc1cc(NC(=O)Nc2ccc3c(c2)CC(=O)C3)cc(OC)c1OC. The summed E-state index contributed by atoms with van der Waals surface area (Å²) in [4.78, 5) is 23.8. The molecule has 0 radical (unpaired) electrons. The fraction of sp³-hybridized carbons (Fsp3) is 0.263. The van der Waals surface area contributed by atoms with Crippen LogP contribution in [0.25, 0.3) is 0 Å². The molecule has 3 rings (SSSR count). The molecule has 7 heteroatoms. The molecule has 0 bridgehead atoms. The first-order valence-electron chi connectivity index (χ1n) is 8.05.